The zero-order valence-corrected chi connectivity index (χ0v) is 9.21. The van der Waals surface area contributed by atoms with Gasteiger partial charge >= 0.3 is 0 Å². The lowest BCUT2D eigenvalue weighted by atomic mass is 9.90. The summed E-state index contributed by atoms with van der Waals surface area (Å²) in [4.78, 5) is 2.43. The van der Waals surface area contributed by atoms with Gasteiger partial charge < -0.3 is 10.4 Å². The van der Waals surface area contributed by atoms with Crippen molar-refractivity contribution in [2.75, 3.05) is 32.7 Å². The largest absolute Gasteiger partial charge is 0.389 e. The van der Waals surface area contributed by atoms with Crippen LogP contribution in [0.3, 0.4) is 0 Å². The van der Waals surface area contributed by atoms with Gasteiger partial charge in [-0.2, -0.15) is 0 Å². The van der Waals surface area contributed by atoms with E-state index in [0.29, 0.717) is 0 Å². The summed E-state index contributed by atoms with van der Waals surface area (Å²) in [5, 5.41) is 13.2. The van der Waals surface area contributed by atoms with Crippen molar-refractivity contribution in [3.63, 3.8) is 0 Å². The molecule has 3 nitrogen and oxygen atoms in total. The summed E-state index contributed by atoms with van der Waals surface area (Å²) in [5.74, 6) is 0.779. The normalized spacial score (nSPS) is 30.9. The van der Waals surface area contributed by atoms with Crippen molar-refractivity contribution in [1.29, 1.82) is 0 Å². The smallest absolute Gasteiger partial charge is 0.0776 e. The standard InChI is InChI=1S/C12H20N2O/c15-12(3-4-12)9-14-5-1-2-10(8-14)11-6-13-7-11/h2,11,13,15H,1,3-9H2. The average molecular weight is 208 g/mol. The summed E-state index contributed by atoms with van der Waals surface area (Å²) in [7, 11) is 0. The summed E-state index contributed by atoms with van der Waals surface area (Å²) in [6.45, 7) is 5.43. The Morgan fingerprint density at radius 3 is 2.87 bits per heavy atom. The van der Waals surface area contributed by atoms with Gasteiger partial charge in [-0.1, -0.05) is 11.6 Å². The SMILES string of the molecule is OC1(CN2CCC=C(C3CNC3)C2)CC1. The molecule has 0 aromatic carbocycles. The highest BCUT2D eigenvalue weighted by Crippen LogP contribution is 2.36. The maximum absolute atomic E-state index is 9.90. The van der Waals surface area contributed by atoms with E-state index < -0.39 is 0 Å². The summed E-state index contributed by atoms with van der Waals surface area (Å²) < 4.78 is 0. The molecule has 1 aliphatic carbocycles. The fourth-order valence-corrected chi connectivity index (χ4v) is 2.53. The number of nitrogens with one attached hydrogen (secondary N) is 1. The molecule has 3 heteroatoms. The van der Waals surface area contributed by atoms with Crippen molar-refractivity contribution >= 4 is 0 Å². The van der Waals surface area contributed by atoms with E-state index in [0.717, 1.165) is 51.5 Å². The van der Waals surface area contributed by atoms with E-state index in [-0.39, 0.29) is 5.60 Å². The van der Waals surface area contributed by atoms with Crippen LogP contribution in [0.15, 0.2) is 11.6 Å². The van der Waals surface area contributed by atoms with Crippen LogP contribution in [0.1, 0.15) is 19.3 Å². The van der Waals surface area contributed by atoms with E-state index in [1.54, 1.807) is 5.57 Å². The highest BCUT2D eigenvalue weighted by atomic mass is 16.3. The van der Waals surface area contributed by atoms with Crippen LogP contribution in [0.2, 0.25) is 0 Å². The van der Waals surface area contributed by atoms with Crippen molar-refractivity contribution in [2.45, 2.75) is 24.9 Å². The third-order valence-electron chi connectivity index (χ3n) is 3.91. The molecule has 0 atom stereocenters. The van der Waals surface area contributed by atoms with Gasteiger partial charge in [-0.3, -0.25) is 4.90 Å². The second-order valence-electron chi connectivity index (χ2n) is 5.36. The zero-order chi connectivity index (χ0) is 10.3. The van der Waals surface area contributed by atoms with Crippen molar-refractivity contribution < 1.29 is 5.11 Å². The van der Waals surface area contributed by atoms with Crippen LogP contribution in [0.25, 0.3) is 0 Å². The van der Waals surface area contributed by atoms with Crippen molar-refractivity contribution in [2.24, 2.45) is 5.92 Å². The second kappa shape index (κ2) is 3.58. The highest BCUT2D eigenvalue weighted by Gasteiger charge is 2.42. The molecule has 2 aliphatic heterocycles. The van der Waals surface area contributed by atoms with Crippen molar-refractivity contribution in [3.8, 4) is 0 Å². The van der Waals surface area contributed by atoms with Gasteiger partial charge in [0.25, 0.3) is 0 Å². The third kappa shape index (κ3) is 2.10. The molecule has 0 aromatic rings. The van der Waals surface area contributed by atoms with Gasteiger partial charge in [0.1, 0.15) is 0 Å². The molecule has 2 N–H and O–H groups in total. The number of rotatable bonds is 3. The molecule has 0 aromatic heterocycles. The zero-order valence-electron chi connectivity index (χ0n) is 9.21. The fraction of sp³-hybridized carbons (Fsp3) is 0.833. The first-order chi connectivity index (χ1) is 7.25. The Morgan fingerprint density at radius 2 is 2.27 bits per heavy atom. The molecule has 2 heterocycles. The minimum absolute atomic E-state index is 0.319. The quantitative estimate of drug-likeness (QED) is 0.658. The van der Waals surface area contributed by atoms with E-state index in [9.17, 15) is 5.11 Å². The minimum atomic E-state index is -0.319. The van der Waals surface area contributed by atoms with Crippen LogP contribution in [0.4, 0.5) is 0 Å². The molecule has 84 valence electrons. The molecule has 3 rings (SSSR count). The lowest BCUT2D eigenvalue weighted by Gasteiger charge is -2.36. The number of hydrogen-bond acceptors (Lipinski definition) is 3. The van der Waals surface area contributed by atoms with Gasteiger partial charge in [0, 0.05) is 38.6 Å². The maximum Gasteiger partial charge on any atom is 0.0776 e. The number of nitrogens with zero attached hydrogens (tertiary/aromatic N) is 1. The lowest BCUT2D eigenvalue weighted by Crippen LogP contribution is -2.47. The van der Waals surface area contributed by atoms with E-state index in [1.165, 1.54) is 6.42 Å². The Hall–Kier alpha value is -0.380. The Morgan fingerprint density at radius 1 is 1.47 bits per heavy atom. The Kier molecular flexibility index (Phi) is 2.34. The van der Waals surface area contributed by atoms with Crippen LogP contribution in [0, 0.1) is 5.92 Å². The molecule has 3 aliphatic rings. The van der Waals surface area contributed by atoms with Crippen LogP contribution < -0.4 is 5.32 Å². The first kappa shape index (κ1) is 9.82. The maximum atomic E-state index is 9.90. The molecule has 0 unspecified atom stereocenters. The molecular weight excluding hydrogens is 188 g/mol. The number of aliphatic hydroxyl groups is 1. The Labute approximate surface area is 91.2 Å². The lowest BCUT2D eigenvalue weighted by molar-refractivity contribution is 0.0925. The predicted molar refractivity (Wildman–Crippen MR) is 59.7 cm³/mol. The molecule has 0 bridgehead atoms. The summed E-state index contributed by atoms with van der Waals surface area (Å²) >= 11 is 0. The van der Waals surface area contributed by atoms with Crippen LogP contribution in [0.5, 0.6) is 0 Å². The summed E-state index contributed by atoms with van der Waals surface area (Å²) in [6.07, 6.45) is 5.60. The monoisotopic (exact) mass is 208 g/mol. The summed E-state index contributed by atoms with van der Waals surface area (Å²) in [5.41, 5.74) is 1.28. The summed E-state index contributed by atoms with van der Waals surface area (Å²) in [6, 6.07) is 0. The van der Waals surface area contributed by atoms with Gasteiger partial charge in [0.2, 0.25) is 0 Å². The molecule has 0 amide bonds. The average Bonchev–Trinajstić information content (AvgIpc) is 2.80. The second-order valence-corrected chi connectivity index (χ2v) is 5.36. The minimum Gasteiger partial charge on any atom is -0.389 e. The first-order valence-corrected chi connectivity index (χ1v) is 6.10. The topological polar surface area (TPSA) is 35.5 Å². The van der Waals surface area contributed by atoms with Gasteiger partial charge in [-0.05, 0) is 19.3 Å². The van der Waals surface area contributed by atoms with E-state index in [4.69, 9.17) is 0 Å². The molecule has 0 spiro atoms. The molecule has 0 radical (unpaired) electrons. The molecule has 15 heavy (non-hydrogen) atoms. The van der Waals surface area contributed by atoms with Gasteiger partial charge in [-0.25, -0.2) is 0 Å². The van der Waals surface area contributed by atoms with Gasteiger partial charge in [0.15, 0.2) is 0 Å². The van der Waals surface area contributed by atoms with E-state index >= 15 is 0 Å². The third-order valence-corrected chi connectivity index (χ3v) is 3.91. The van der Waals surface area contributed by atoms with Crippen molar-refractivity contribution in [1.82, 2.24) is 10.2 Å². The molecular formula is C12H20N2O. The van der Waals surface area contributed by atoms with Crippen molar-refractivity contribution in [3.05, 3.63) is 11.6 Å². The van der Waals surface area contributed by atoms with E-state index in [2.05, 4.69) is 16.3 Å². The number of β-amino-alcohol motifs (C(OH)–C–C–N with tert-alkyl or cyclic N) is 1. The Balaban J connectivity index is 1.56. The highest BCUT2D eigenvalue weighted by molar-refractivity contribution is 5.16. The predicted octanol–water partition coefficient (Wildman–Crippen LogP) is 0.363. The van der Waals surface area contributed by atoms with E-state index in [1.807, 2.05) is 0 Å². The fourth-order valence-electron chi connectivity index (χ4n) is 2.53. The Bertz CT molecular complexity index is 279. The van der Waals surface area contributed by atoms with Gasteiger partial charge in [-0.15, -0.1) is 0 Å². The molecule has 2 fully saturated rings. The molecule has 1 saturated carbocycles. The van der Waals surface area contributed by atoms with Crippen LogP contribution in [-0.4, -0.2) is 48.3 Å². The van der Waals surface area contributed by atoms with Crippen LogP contribution >= 0.6 is 0 Å². The van der Waals surface area contributed by atoms with Gasteiger partial charge in [0.05, 0.1) is 5.60 Å². The number of hydrogen-bond donors (Lipinski definition) is 2. The first-order valence-electron chi connectivity index (χ1n) is 6.10. The van der Waals surface area contributed by atoms with Crippen LogP contribution in [-0.2, 0) is 0 Å². The molecule has 1 saturated heterocycles.